The first-order valence-electron chi connectivity index (χ1n) is 6.08. The number of carboxylic acids is 1. The molecule has 0 aliphatic carbocycles. The number of furan rings is 1. The fraction of sp³-hybridized carbons (Fsp3) is 0.538. The Balaban J connectivity index is 2.14. The predicted octanol–water partition coefficient (Wildman–Crippen LogP) is 1.83. The Morgan fingerprint density at radius 3 is 2.72 bits per heavy atom. The van der Waals surface area contributed by atoms with Crippen molar-refractivity contribution in [3.05, 3.63) is 23.2 Å². The minimum Gasteiger partial charge on any atom is -0.481 e. The normalized spacial score (nSPS) is 19.9. The Morgan fingerprint density at radius 2 is 2.17 bits per heavy atom. The van der Waals surface area contributed by atoms with E-state index < -0.39 is 11.9 Å². The number of amides is 1. The number of nitrogens with zero attached hydrogens (tertiary/aromatic N) is 1. The van der Waals surface area contributed by atoms with Crippen molar-refractivity contribution in [2.24, 2.45) is 5.92 Å². The molecule has 5 nitrogen and oxygen atoms in total. The lowest BCUT2D eigenvalue weighted by atomic mass is 9.98. The standard InChI is InChI=1S/C13H17NO4/c1-8-6-9(2)18-11(8)12(15)14-5-3-4-10(7-14)13(16)17/h6,10H,3-5,7H2,1-2H3,(H,16,17). The number of aliphatic carboxylic acids is 1. The smallest absolute Gasteiger partial charge is 0.308 e. The number of likely N-dealkylation sites (tertiary alicyclic amines) is 1. The maximum atomic E-state index is 12.2. The van der Waals surface area contributed by atoms with Gasteiger partial charge < -0.3 is 14.4 Å². The first-order chi connectivity index (χ1) is 8.49. The first-order valence-corrected chi connectivity index (χ1v) is 6.08. The Hall–Kier alpha value is -1.78. The first kappa shape index (κ1) is 12.7. The van der Waals surface area contributed by atoms with Crippen molar-refractivity contribution in [3.63, 3.8) is 0 Å². The molecule has 0 aromatic carbocycles. The van der Waals surface area contributed by atoms with Gasteiger partial charge in [-0.15, -0.1) is 0 Å². The number of rotatable bonds is 2. The van der Waals surface area contributed by atoms with Gasteiger partial charge >= 0.3 is 5.97 Å². The number of carbonyl (C=O) groups excluding carboxylic acids is 1. The van der Waals surface area contributed by atoms with Crippen molar-refractivity contribution in [1.29, 1.82) is 0 Å². The molecular formula is C13H17NO4. The van der Waals surface area contributed by atoms with Crippen LogP contribution in [0.5, 0.6) is 0 Å². The molecule has 1 atom stereocenters. The second-order valence-corrected chi connectivity index (χ2v) is 4.80. The second kappa shape index (κ2) is 4.84. The molecule has 1 aliphatic rings. The lowest BCUT2D eigenvalue weighted by Crippen LogP contribution is -2.42. The van der Waals surface area contributed by atoms with Crippen LogP contribution in [0.2, 0.25) is 0 Å². The third kappa shape index (κ3) is 2.39. The molecule has 0 saturated carbocycles. The summed E-state index contributed by atoms with van der Waals surface area (Å²) < 4.78 is 5.39. The molecule has 2 heterocycles. The predicted molar refractivity (Wildman–Crippen MR) is 64.4 cm³/mol. The molecule has 1 aliphatic heterocycles. The van der Waals surface area contributed by atoms with Crippen molar-refractivity contribution in [3.8, 4) is 0 Å². The highest BCUT2D eigenvalue weighted by atomic mass is 16.4. The van der Waals surface area contributed by atoms with Crippen LogP contribution in [0.3, 0.4) is 0 Å². The third-order valence-corrected chi connectivity index (χ3v) is 3.29. The topological polar surface area (TPSA) is 70.8 Å². The number of aryl methyl sites for hydroxylation is 2. The van der Waals surface area contributed by atoms with Gasteiger partial charge in [0, 0.05) is 18.7 Å². The quantitative estimate of drug-likeness (QED) is 0.870. The van der Waals surface area contributed by atoms with Gasteiger partial charge in [-0.05, 0) is 32.8 Å². The Kier molecular flexibility index (Phi) is 3.41. The van der Waals surface area contributed by atoms with E-state index in [4.69, 9.17) is 9.52 Å². The molecule has 0 bridgehead atoms. The number of hydrogen-bond acceptors (Lipinski definition) is 3. The highest BCUT2D eigenvalue weighted by Gasteiger charge is 2.30. The van der Waals surface area contributed by atoms with E-state index >= 15 is 0 Å². The third-order valence-electron chi connectivity index (χ3n) is 3.29. The van der Waals surface area contributed by atoms with E-state index in [2.05, 4.69) is 0 Å². The summed E-state index contributed by atoms with van der Waals surface area (Å²) in [6.45, 7) is 4.48. The van der Waals surface area contributed by atoms with Crippen LogP contribution in [0.25, 0.3) is 0 Å². The molecule has 98 valence electrons. The van der Waals surface area contributed by atoms with Gasteiger partial charge in [0.2, 0.25) is 0 Å². The maximum absolute atomic E-state index is 12.2. The van der Waals surface area contributed by atoms with E-state index in [1.54, 1.807) is 11.8 Å². The largest absolute Gasteiger partial charge is 0.481 e. The van der Waals surface area contributed by atoms with Crippen LogP contribution in [0.15, 0.2) is 10.5 Å². The Morgan fingerprint density at radius 1 is 1.44 bits per heavy atom. The highest BCUT2D eigenvalue weighted by Crippen LogP contribution is 2.21. The summed E-state index contributed by atoms with van der Waals surface area (Å²) in [7, 11) is 0. The van der Waals surface area contributed by atoms with E-state index in [-0.39, 0.29) is 12.5 Å². The van der Waals surface area contributed by atoms with Gasteiger partial charge in [-0.25, -0.2) is 0 Å². The average Bonchev–Trinajstić information content (AvgIpc) is 2.67. The number of carbonyl (C=O) groups is 2. The van der Waals surface area contributed by atoms with Gasteiger partial charge in [-0.2, -0.15) is 0 Å². The number of carboxylic acid groups (broad SMARTS) is 1. The Labute approximate surface area is 105 Å². The molecular weight excluding hydrogens is 234 g/mol. The summed E-state index contributed by atoms with van der Waals surface area (Å²) in [6, 6.07) is 1.81. The van der Waals surface area contributed by atoms with Crippen LogP contribution < -0.4 is 0 Å². The van der Waals surface area contributed by atoms with Crippen molar-refractivity contribution in [1.82, 2.24) is 4.90 Å². The molecule has 5 heteroatoms. The second-order valence-electron chi connectivity index (χ2n) is 4.80. The van der Waals surface area contributed by atoms with Crippen LogP contribution in [-0.2, 0) is 4.79 Å². The summed E-state index contributed by atoms with van der Waals surface area (Å²) in [5.74, 6) is -0.466. The van der Waals surface area contributed by atoms with E-state index in [1.165, 1.54) is 0 Å². The zero-order chi connectivity index (χ0) is 13.3. The number of hydrogen-bond donors (Lipinski definition) is 1. The zero-order valence-electron chi connectivity index (χ0n) is 10.6. The molecule has 0 radical (unpaired) electrons. The summed E-state index contributed by atoms with van der Waals surface area (Å²) in [6.07, 6.45) is 1.36. The van der Waals surface area contributed by atoms with Crippen LogP contribution in [0.4, 0.5) is 0 Å². The van der Waals surface area contributed by atoms with Gasteiger partial charge in [0.1, 0.15) is 5.76 Å². The summed E-state index contributed by atoms with van der Waals surface area (Å²) in [4.78, 5) is 24.8. The molecule has 1 aromatic heterocycles. The highest BCUT2D eigenvalue weighted by molar-refractivity contribution is 5.93. The van der Waals surface area contributed by atoms with Crippen LogP contribution in [-0.4, -0.2) is 35.0 Å². The van der Waals surface area contributed by atoms with Crippen LogP contribution in [0, 0.1) is 19.8 Å². The molecule has 1 N–H and O–H groups in total. The van der Waals surface area contributed by atoms with Gasteiger partial charge in [0.05, 0.1) is 5.92 Å². The maximum Gasteiger partial charge on any atom is 0.308 e. The Bertz CT molecular complexity index is 477. The lowest BCUT2D eigenvalue weighted by molar-refractivity contribution is -0.143. The van der Waals surface area contributed by atoms with Gasteiger partial charge in [0.15, 0.2) is 5.76 Å². The molecule has 0 spiro atoms. The van der Waals surface area contributed by atoms with E-state index in [1.807, 2.05) is 13.0 Å². The molecule has 18 heavy (non-hydrogen) atoms. The van der Waals surface area contributed by atoms with E-state index in [0.717, 1.165) is 12.0 Å². The fourth-order valence-electron chi connectivity index (χ4n) is 2.36. The molecule has 1 aromatic rings. The van der Waals surface area contributed by atoms with Gasteiger partial charge in [-0.1, -0.05) is 0 Å². The van der Waals surface area contributed by atoms with Crippen molar-refractivity contribution in [2.75, 3.05) is 13.1 Å². The minimum absolute atomic E-state index is 0.202. The SMILES string of the molecule is Cc1cc(C)c(C(=O)N2CCCC(C(=O)O)C2)o1. The molecule has 1 saturated heterocycles. The summed E-state index contributed by atoms with van der Waals surface area (Å²) in [5.41, 5.74) is 0.801. The van der Waals surface area contributed by atoms with Gasteiger partial charge in [-0.3, -0.25) is 9.59 Å². The van der Waals surface area contributed by atoms with Crippen molar-refractivity contribution < 1.29 is 19.1 Å². The number of piperidine rings is 1. The summed E-state index contributed by atoms with van der Waals surface area (Å²) >= 11 is 0. The van der Waals surface area contributed by atoms with E-state index in [0.29, 0.717) is 24.5 Å². The molecule has 1 fully saturated rings. The fourth-order valence-corrected chi connectivity index (χ4v) is 2.36. The lowest BCUT2D eigenvalue weighted by Gasteiger charge is -2.30. The molecule has 2 rings (SSSR count). The van der Waals surface area contributed by atoms with Crippen LogP contribution in [0.1, 0.15) is 34.7 Å². The van der Waals surface area contributed by atoms with Gasteiger partial charge in [0.25, 0.3) is 5.91 Å². The average molecular weight is 251 g/mol. The minimum atomic E-state index is -0.833. The monoisotopic (exact) mass is 251 g/mol. The van der Waals surface area contributed by atoms with Crippen molar-refractivity contribution >= 4 is 11.9 Å². The van der Waals surface area contributed by atoms with E-state index in [9.17, 15) is 9.59 Å². The summed E-state index contributed by atoms with van der Waals surface area (Å²) in [5, 5.41) is 9.01. The van der Waals surface area contributed by atoms with Crippen LogP contribution >= 0.6 is 0 Å². The molecule has 1 unspecified atom stereocenters. The molecule has 1 amide bonds. The van der Waals surface area contributed by atoms with Crippen molar-refractivity contribution in [2.45, 2.75) is 26.7 Å². The zero-order valence-corrected chi connectivity index (χ0v) is 10.6.